The molecule has 1 aromatic heterocycles. The van der Waals surface area contributed by atoms with E-state index in [0.717, 1.165) is 10.7 Å². The number of carbonyl (C=O) groups is 2. The second-order valence-electron chi connectivity index (χ2n) is 6.94. The first-order chi connectivity index (χ1) is 10.6. The van der Waals surface area contributed by atoms with Gasteiger partial charge in [0.2, 0.25) is 0 Å². The fraction of sp³-hybridized carbons (Fsp3) is 0.688. The van der Waals surface area contributed by atoms with E-state index in [0.29, 0.717) is 6.54 Å². The van der Waals surface area contributed by atoms with Crippen molar-refractivity contribution in [1.29, 1.82) is 0 Å². The molecular formula is C16H27N3O3S. The van der Waals surface area contributed by atoms with Crippen molar-refractivity contribution in [2.45, 2.75) is 52.6 Å². The summed E-state index contributed by atoms with van der Waals surface area (Å²) in [7, 11) is 3.00. The number of urea groups is 1. The maximum Gasteiger partial charge on any atom is 0.328 e. The van der Waals surface area contributed by atoms with Gasteiger partial charge >= 0.3 is 12.0 Å². The first-order valence-corrected chi connectivity index (χ1v) is 8.48. The van der Waals surface area contributed by atoms with Crippen LogP contribution < -0.4 is 5.32 Å². The molecule has 0 aliphatic carbocycles. The molecule has 130 valence electrons. The van der Waals surface area contributed by atoms with E-state index in [-0.39, 0.29) is 17.4 Å². The Kier molecular flexibility index (Phi) is 6.56. The van der Waals surface area contributed by atoms with Crippen molar-refractivity contribution in [2.24, 2.45) is 5.92 Å². The lowest BCUT2D eigenvalue weighted by Crippen LogP contribution is -2.49. The minimum absolute atomic E-state index is 0.00261. The van der Waals surface area contributed by atoms with Crippen LogP contribution in [0.5, 0.6) is 0 Å². The topological polar surface area (TPSA) is 71.5 Å². The molecule has 0 bridgehead atoms. The van der Waals surface area contributed by atoms with Crippen LogP contribution in [0.25, 0.3) is 0 Å². The molecule has 1 atom stereocenters. The van der Waals surface area contributed by atoms with E-state index in [1.54, 1.807) is 18.4 Å². The van der Waals surface area contributed by atoms with Gasteiger partial charge in [0.1, 0.15) is 6.04 Å². The van der Waals surface area contributed by atoms with Gasteiger partial charge in [-0.3, -0.25) is 0 Å². The lowest BCUT2D eigenvalue weighted by atomic mass is 9.98. The molecule has 0 saturated heterocycles. The smallest absolute Gasteiger partial charge is 0.328 e. The van der Waals surface area contributed by atoms with Crippen LogP contribution >= 0.6 is 11.3 Å². The molecule has 7 heteroatoms. The van der Waals surface area contributed by atoms with E-state index in [2.05, 4.69) is 31.1 Å². The van der Waals surface area contributed by atoms with Gasteiger partial charge in [0.15, 0.2) is 0 Å². The third-order valence-electron chi connectivity index (χ3n) is 3.34. The van der Waals surface area contributed by atoms with Crippen LogP contribution in [0.15, 0.2) is 5.38 Å². The summed E-state index contributed by atoms with van der Waals surface area (Å²) >= 11 is 1.59. The van der Waals surface area contributed by atoms with Gasteiger partial charge in [-0.1, -0.05) is 34.6 Å². The van der Waals surface area contributed by atoms with Crippen LogP contribution in [0.4, 0.5) is 4.79 Å². The Hall–Kier alpha value is -1.63. The number of methoxy groups -OCH3 is 1. The molecule has 0 saturated carbocycles. The molecule has 6 nitrogen and oxygen atoms in total. The van der Waals surface area contributed by atoms with Crippen molar-refractivity contribution in [2.75, 3.05) is 14.2 Å². The normalized spacial score (nSPS) is 12.9. The molecule has 1 N–H and O–H groups in total. The number of thiazole rings is 1. The predicted molar refractivity (Wildman–Crippen MR) is 91.5 cm³/mol. The highest BCUT2D eigenvalue weighted by molar-refractivity contribution is 7.09. The van der Waals surface area contributed by atoms with Crippen LogP contribution in [0.1, 0.15) is 45.3 Å². The maximum absolute atomic E-state index is 12.3. The number of nitrogens with one attached hydrogen (secondary N) is 1. The molecule has 0 unspecified atom stereocenters. The summed E-state index contributed by atoms with van der Waals surface area (Å²) < 4.78 is 4.73. The van der Waals surface area contributed by atoms with Crippen LogP contribution in [-0.4, -0.2) is 42.1 Å². The standard InChI is InChI=1S/C16H27N3O3S/c1-10(2)12(13(20)22-7)18-15(21)19(6)8-11-9-23-14(17-11)16(3,4)5/h9-10,12H,8H2,1-7H3,(H,18,21)/t12-/m0/s1. The number of carbonyl (C=O) groups excluding carboxylic acids is 2. The quantitative estimate of drug-likeness (QED) is 0.836. The van der Waals surface area contributed by atoms with Crippen LogP contribution in [-0.2, 0) is 21.5 Å². The SMILES string of the molecule is COC(=O)[C@@H](NC(=O)N(C)Cc1csc(C(C)(C)C)n1)C(C)C. The lowest BCUT2D eigenvalue weighted by molar-refractivity contribution is -0.144. The highest BCUT2D eigenvalue weighted by atomic mass is 32.1. The minimum Gasteiger partial charge on any atom is -0.467 e. The summed E-state index contributed by atoms with van der Waals surface area (Å²) in [6.45, 7) is 10.4. The summed E-state index contributed by atoms with van der Waals surface area (Å²) in [5, 5.41) is 5.71. The van der Waals surface area contributed by atoms with Crippen molar-refractivity contribution in [3.63, 3.8) is 0 Å². The Labute approximate surface area is 142 Å². The summed E-state index contributed by atoms with van der Waals surface area (Å²) in [4.78, 5) is 30.1. The summed E-state index contributed by atoms with van der Waals surface area (Å²) in [5.41, 5.74) is 0.842. The molecular weight excluding hydrogens is 314 g/mol. The molecule has 0 aliphatic rings. The Morgan fingerprint density at radius 3 is 2.43 bits per heavy atom. The predicted octanol–water partition coefficient (Wildman–Crippen LogP) is 2.78. The number of esters is 1. The van der Waals surface area contributed by atoms with Crippen LogP contribution in [0.2, 0.25) is 0 Å². The lowest BCUT2D eigenvalue weighted by Gasteiger charge is -2.24. The Balaban J connectivity index is 2.70. The first kappa shape index (κ1) is 19.4. The van der Waals surface area contributed by atoms with Crippen molar-refractivity contribution < 1.29 is 14.3 Å². The van der Waals surface area contributed by atoms with Crippen molar-refractivity contribution >= 4 is 23.3 Å². The third kappa shape index (κ3) is 5.49. The number of rotatable bonds is 5. The van der Waals surface area contributed by atoms with Crippen molar-refractivity contribution in [3.05, 3.63) is 16.1 Å². The van der Waals surface area contributed by atoms with Gasteiger partial charge in [0.25, 0.3) is 0 Å². The highest BCUT2D eigenvalue weighted by Crippen LogP contribution is 2.25. The summed E-state index contributed by atoms with van der Waals surface area (Å²) in [5.74, 6) is -0.489. The first-order valence-electron chi connectivity index (χ1n) is 7.60. The van der Waals surface area contributed by atoms with Crippen molar-refractivity contribution in [3.8, 4) is 0 Å². The zero-order valence-corrected chi connectivity index (χ0v) is 15.8. The fourth-order valence-corrected chi connectivity index (χ4v) is 2.81. The van der Waals surface area contributed by atoms with Crippen molar-refractivity contribution in [1.82, 2.24) is 15.2 Å². The van der Waals surface area contributed by atoms with Gasteiger partial charge in [-0.15, -0.1) is 11.3 Å². The monoisotopic (exact) mass is 341 g/mol. The maximum atomic E-state index is 12.3. The number of amides is 2. The summed E-state index contributed by atoms with van der Waals surface area (Å²) in [6.07, 6.45) is 0. The van der Waals surface area contributed by atoms with Gasteiger partial charge in [-0.25, -0.2) is 14.6 Å². The second-order valence-corrected chi connectivity index (χ2v) is 7.80. The van der Waals surface area contributed by atoms with Gasteiger partial charge < -0.3 is 15.0 Å². The van der Waals surface area contributed by atoms with E-state index < -0.39 is 12.0 Å². The number of hydrogen-bond donors (Lipinski definition) is 1. The number of ether oxygens (including phenoxy) is 1. The highest BCUT2D eigenvalue weighted by Gasteiger charge is 2.26. The zero-order chi connectivity index (χ0) is 17.8. The molecule has 1 rings (SSSR count). The molecule has 0 aliphatic heterocycles. The Morgan fingerprint density at radius 2 is 2.00 bits per heavy atom. The number of aromatic nitrogens is 1. The molecule has 23 heavy (non-hydrogen) atoms. The minimum atomic E-state index is -0.657. The number of hydrogen-bond acceptors (Lipinski definition) is 5. The Morgan fingerprint density at radius 1 is 1.39 bits per heavy atom. The Bertz CT molecular complexity index is 549. The third-order valence-corrected chi connectivity index (χ3v) is 4.66. The van der Waals surface area contributed by atoms with E-state index in [9.17, 15) is 9.59 Å². The van der Waals surface area contributed by atoms with Crippen LogP contribution in [0.3, 0.4) is 0 Å². The van der Waals surface area contributed by atoms with Gasteiger partial charge in [0, 0.05) is 17.8 Å². The molecule has 1 heterocycles. The van der Waals surface area contributed by atoms with Crippen LogP contribution in [0, 0.1) is 5.92 Å². The van der Waals surface area contributed by atoms with Gasteiger partial charge in [-0.05, 0) is 5.92 Å². The largest absolute Gasteiger partial charge is 0.467 e. The average molecular weight is 341 g/mol. The van der Waals surface area contributed by atoms with E-state index >= 15 is 0 Å². The number of nitrogens with zero attached hydrogens (tertiary/aromatic N) is 2. The molecule has 0 aromatic carbocycles. The molecule has 0 fully saturated rings. The van der Waals surface area contributed by atoms with E-state index in [1.165, 1.54) is 12.0 Å². The molecule has 0 spiro atoms. The van der Waals surface area contributed by atoms with Gasteiger partial charge in [-0.2, -0.15) is 0 Å². The molecule has 2 amide bonds. The second kappa shape index (κ2) is 7.77. The summed E-state index contributed by atoms with van der Waals surface area (Å²) in [6, 6.07) is -0.977. The fourth-order valence-electron chi connectivity index (χ4n) is 1.91. The van der Waals surface area contributed by atoms with E-state index in [1.807, 2.05) is 19.2 Å². The van der Waals surface area contributed by atoms with E-state index in [4.69, 9.17) is 4.74 Å². The van der Waals surface area contributed by atoms with Gasteiger partial charge in [0.05, 0.1) is 24.4 Å². The molecule has 1 aromatic rings. The molecule has 0 radical (unpaired) electrons. The zero-order valence-electron chi connectivity index (χ0n) is 15.0. The average Bonchev–Trinajstić information content (AvgIpc) is 2.91.